The molecule has 0 aliphatic carbocycles. The molecular formula is C18H31Cl2N3O3. The summed E-state index contributed by atoms with van der Waals surface area (Å²) in [6.45, 7) is 4.55. The molecule has 0 spiro atoms. The summed E-state index contributed by atoms with van der Waals surface area (Å²) >= 11 is 0. The molecule has 1 aliphatic rings. The Kier molecular flexibility index (Phi) is 13.5. The molecule has 1 fully saturated rings. The van der Waals surface area contributed by atoms with E-state index < -0.39 is 0 Å². The zero-order valence-corrected chi connectivity index (χ0v) is 17.2. The van der Waals surface area contributed by atoms with E-state index in [2.05, 4.69) is 15.5 Å². The van der Waals surface area contributed by atoms with Crippen LogP contribution in [0.3, 0.4) is 0 Å². The van der Waals surface area contributed by atoms with E-state index in [-0.39, 0.29) is 36.8 Å². The van der Waals surface area contributed by atoms with Gasteiger partial charge >= 0.3 is 0 Å². The van der Waals surface area contributed by atoms with Crippen molar-refractivity contribution in [3.05, 3.63) is 29.8 Å². The fraction of sp³-hybridized carbons (Fsp3) is 0.611. The maximum atomic E-state index is 12.0. The summed E-state index contributed by atoms with van der Waals surface area (Å²) in [7, 11) is 3.75. The van der Waals surface area contributed by atoms with Gasteiger partial charge in [-0.3, -0.25) is 4.79 Å². The second-order valence-corrected chi connectivity index (χ2v) is 6.16. The third kappa shape index (κ3) is 9.05. The van der Waals surface area contributed by atoms with E-state index in [0.29, 0.717) is 13.2 Å². The number of ether oxygens (including phenoxy) is 2. The van der Waals surface area contributed by atoms with Crippen LogP contribution in [0.1, 0.15) is 18.4 Å². The fourth-order valence-electron chi connectivity index (χ4n) is 2.64. The minimum absolute atomic E-state index is 0. The van der Waals surface area contributed by atoms with Gasteiger partial charge in [0.25, 0.3) is 0 Å². The second-order valence-electron chi connectivity index (χ2n) is 6.16. The minimum Gasteiger partial charge on any atom is -0.492 e. The molecule has 1 aliphatic heterocycles. The first-order chi connectivity index (χ1) is 11.7. The highest BCUT2D eigenvalue weighted by Crippen LogP contribution is 2.13. The average Bonchev–Trinajstić information content (AvgIpc) is 3.13. The number of likely N-dealkylation sites (N-methyl/N-ethyl adjacent to an activating group) is 1. The van der Waals surface area contributed by atoms with Crippen molar-refractivity contribution >= 4 is 30.7 Å². The second kappa shape index (κ2) is 14.1. The molecular weight excluding hydrogens is 377 g/mol. The smallest absolute Gasteiger partial charge is 0.237 e. The van der Waals surface area contributed by atoms with E-state index in [1.54, 1.807) is 7.11 Å². The molecule has 1 aromatic carbocycles. The number of benzene rings is 1. The van der Waals surface area contributed by atoms with E-state index in [4.69, 9.17) is 9.47 Å². The van der Waals surface area contributed by atoms with Crippen LogP contribution >= 0.6 is 24.8 Å². The summed E-state index contributed by atoms with van der Waals surface area (Å²) in [5, 5.41) is 6.19. The van der Waals surface area contributed by atoms with Gasteiger partial charge in [-0.25, -0.2) is 0 Å². The topological polar surface area (TPSA) is 62.8 Å². The molecule has 0 aromatic heterocycles. The number of carbonyl (C=O) groups is 1. The molecule has 8 heteroatoms. The number of nitrogens with one attached hydrogen (secondary N) is 2. The average molecular weight is 408 g/mol. The summed E-state index contributed by atoms with van der Waals surface area (Å²) in [6.07, 6.45) is 1.99. The summed E-state index contributed by atoms with van der Waals surface area (Å²) in [5.74, 6) is 0.916. The number of hydrogen-bond donors (Lipinski definition) is 2. The molecule has 2 N–H and O–H groups in total. The summed E-state index contributed by atoms with van der Waals surface area (Å²) in [6, 6.07) is 7.85. The zero-order valence-electron chi connectivity index (χ0n) is 15.5. The normalized spacial score (nSPS) is 15.9. The number of nitrogens with zero attached hydrogens (tertiary/aromatic N) is 1. The molecule has 1 saturated heterocycles. The van der Waals surface area contributed by atoms with Crippen LogP contribution in [0.5, 0.6) is 5.75 Å². The van der Waals surface area contributed by atoms with Crippen molar-refractivity contribution in [2.45, 2.75) is 25.4 Å². The number of carbonyl (C=O) groups excluding carboxylic acids is 1. The molecule has 0 bridgehead atoms. The van der Waals surface area contributed by atoms with Gasteiger partial charge in [0.15, 0.2) is 0 Å². The van der Waals surface area contributed by atoms with Crippen LogP contribution in [0.2, 0.25) is 0 Å². The molecule has 2 rings (SSSR count). The lowest BCUT2D eigenvalue weighted by atomic mass is 10.2. The predicted molar refractivity (Wildman–Crippen MR) is 109 cm³/mol. The van der Waals surface area contributed by atoms with Gasteiger partial charge in [0, 0.05) is 26.7 Å². The third-order valence-electron chi connectivity index (χ3n) is 4.16. The summed E-state index contributed by atoms with van der Waals surface area (Å²) in [5.41, 5.74) is 1.05. The van der Waals surface area contributed by atoms with E-state index in [1.165, 1.54) is 0 Å². The summed E-state index contributed by atoms with van der Waals surface area (Å²) < 4.78 is 10.9. The molecule has 6 nitrogen and oxygen atoms in total. The Morgan fingerprint density at radius 2 is 2.08 bits per heavy atom. The molecule has 1 atom stereocenters. The highest BCUT2D eigenvalue weighted by Gasteiger charge is 2.21. The monoisotopic (exact) mass is 407 g/mol. The number of rotatable bonds is 10. The van der Waals surface area contributed by atoms with Crippen molar-refractivity contribution < 1.29 is 14.3 Å². The van der Waals surface area contributed by atoms with Crippen molar-refractivity contribution in [2.24, 2.45) is 0 Å². The number of amides is 1. The Labute approximate surface area is 168 Å². The summed E-state index contributed by atoms with van der Waals surface area (Å²) in [4.78, 5) is 14.2. The molecule has 1 amide bonds. The van der Waals surface area contributed by atoms with E-state index in [9.17, 15) is 4.79 Å². The van der Waals surface area contributed by atoms with Gasteiger partial charge in [-0.15, -0.1) is 24.8 Å². The van der Waals surface area contributed by atoms with Crippen LogP contribution in [0.4, 0.5) is 0 Å². The first kappa shape index (κ1) is 24.9. The van der Waals surface area contributed by atoms with Gasteiger partial charge in [-0.2, -0.15) is 0 Å². The fourth-order valence-corrected chi connectivity index (χ4v) is 2.64. The highest BCUT2D eigenvalue weighted by molar-refractivity contribution is 5.85. The largest absolute Gasteiger partial charge is 0.492 e. The van der Waals surface area contributed by atoms with Crippen LogP contribution < -0.4 is 15.4 Å². The van der Waals surface area contributed by atoms with Crippen molar-refractivity contribution in [1.82, 2.24) is 15.5 Å². The molecule has 26 heavy (non-hydrogen) atoms. The van der Waals surface area contributed by atoms with Gasteiger partial charge < -0.3 is 25.0 Å². The molecule has 0 radical (unpaired) electrons. The van der Waals surface area contributed by atoms with E-state index in [0.717, 1.165) is 50.4 Å². The Balaban J connectivity index is 0.00000312. The number of hydrogen-bond acceptors (Lipinski definition) is 5. The van der Waals surface area contributed by atoms with Crippen LogP contribution in [0, 0.1) is 0 Å². The van der Waals surface area contributed by atoms with Crippen molar-refractivity contribution in [2.75, 3.05) is 47.0 Å². The first-order valence-corrected chi connectivity index (χ1v) is 8.59. The standard InChI is InChI=1S/C18H29N3O3.2ClH/c1-21(9-11-23-2)10-12-24-16-6-3-5-15(13-16)14-20-18(22)17-7-4-8-19-17;;/h3,5-6,13,17,19H,4,7-12,14H2,1-2H3,(H,20,22);2*1H. The zero-order chi connectivity index (χ0) is 17.2. The van der Waals surface area contributed by atoms with Crippen molar-refractivity contribution in [3.63, 3.8) is 0 Å². The van der Waals surface area contributed by atoms with Crippen molar-refractivity contribution in [3.8, 4) is 5.75 Å². The predicted octanol–water partition coefficient (Wildman–Crippen LogP) is 1.86. The lowest BCUT2D eigenvalue weighted by Gasteiger charge is -2.16. The number of halogens is 2. The Morgan fingerprint density at radius 3 is 2.77 bits per heavy atom. The Morgan fingerprint density at radius 1 is 1.31 bits per heavy atom. The van der Waals surface area contributed by atoms with Gasteiger partial charge in [0.1, 0.15) is 12.4 Å². The quantitative estimate of drug-likeness (QED) is 0.619. The Bertz CT molecular complexity index is 514. The van der Waals surface area contributed by atoms with Crippen LogP contribution in [0.15, 0.2) is 24.3 Å². The maximum Gasteiger partial charge on any atom is 0.237 e. The highest BCUT2D eigenvalue weighted by atomic mass is 35.5. The molecule has 1 heterocycles. The lowest BCUT2D eigenvalue weighted by molar-refractivity contribution is -0.122. The Hall–Kier alpha value is -1.05. The molecule has 0 saturated carbocycles. The SMILES string of the molecule is COCCN(C)CCOc1cccc(CNC(=O)C2CCCN2)c1.Cl.Cl. The van der Waals surface area contributed by atoms with Crippen LogP contribution in [-0.4, -0.2) is 63.9 Å². The van der Waals surface area contributed by atoms with Gasteiger partial charge in [-0.05, 0) is 44.1 Å². The molecule has 1 unspecified atom stereocenters. The minimum atomic E-state index is -0.0351. The molecule has 150 valence electrons. The van der Waals surface area contributed by atoms with E-state index in [1.807, 2.05) is 31.3 Å². The van der Waals surface area contributed by atoms with Crippen LogP contribution in [0.25, 0.3) is 0 Å². The van der Waals surface area contributed by atoms with Crippen molar-refractivity contribution in [1.29, 1.82) is 0 Å². The lowest BCUT2D eigenvalue weighted by Crippen LogP contribution is -2.39. The van der Waals surface area contributed by atoms with Gasteiger partial charge in [-0.1, -0.05) is 12.1 Å². The third-order valence-corrected chi connectivity index (χ3v) is 4.16. The maximum absolute atomic E-state index is 12.0. The number of methoxy groups -OCH3 is 1. The van der Waals surface area contributed by atoms with E-state index >= 15 is 0 Å². The van der Waals surface area contributed by atoms with Gasteiger partial charge in [0.05, 0.1) is 12.6 Å². The first-order valence-electron chi connectivity index (χ1n) is 8.59. The van der Waals surface area contributed by atoms with Crippen LogP contribution in [-0.2, 0) is 16.1 Å². The molecule has 1 aromatic rings. The van der Waals surface area contributed by atoms with Gasteiger partial charge in [0.2, 0.25) is 5.91 Å².